The third kappa shape index (κ3) is 3.31. The van der Waals surface area contributed by atoms with Crippen molar-refractivity contribution in [2.24, 2.45) is 5.92 Å². The van der Waals surface area contributed by atoms with E-state index in [-0.39, 0.29) is 17.7 Å². The number of amides is 1. The van der Waals surface area contributed by atoms with Crippen molar-refractivity contribution in [3.05, 3.63) is 30.2 Å². The Kier molecular flexibility index (Phi) is 4.58. The lowest BCUT2D eigenvalue weighted by molar-refractivity contribution is -0.135. The SMILES string of the molecule is CC(C)C(=O)N1CCC(c2noc(-c3ccc4cnn(C5COC5)c4c3)n2)CC1. The van der Waals surface area contributed by atoms with Gasteiger partial charge < -0.3 is 14.2 Å². The fourth-order valence-corrected chi connectivity index (χ4v) is 4.07. The number of fused-ring (bicyclic) bond motifs is 1. The van der Waals surface area contributed by atoms with E-state index < -0.39 is 0 Å². The minimum absolute atomic E-state index is 0.0400. The summed E-state index contributed by atoms with van der Waals surface area (Å²) >= 11 is 0. The summed E-state index contributed by atoms with van der Waals surface area (Å²) in [5.74, 6) is 1.75. The van der Waals surface area contributed by atoms with Gasteiger partial charge in [-0.05, 0) is 25.0 Å². The number of ether oxygens (including phenoxy) is 1. The Bertz CT molecular complexity index is 1030. The highest BCUT2D eigenvalue weighted by Crippen LogP contribution is 2.30. The minimum Gasteiger partial charge on any atom is -0.377 e. The number of likely N-dealkylation sites (tertiary alicyclic amines) is 1. The first-order chi connectivity index (χ1) is 14.1. The van der Waals surface area contributed by atoms with E-state index in [9.17, 15) is 4.79 Å². The number of carbonyl (C=O) groups is 1. The van der Waals surface area contributed by atoms with Crippen LogP contribution in [0.4, 0.5) is 0 Å². The molecule has 2 saturated heterocycles. The summed E-state index contributed by atoms with van der Waals surface area (Å²) < 4.78 is 12.9. The van der Waals surface area contributed by atoms with Gasteiger partial charge in [0.1, 0.15) is 0 Å². The van der Waals surface area contributed by atoms with E-state index >= 15 is 0 Å². The molecular weight excluding hydrogens is 370 g/mol. The maximum atomic E-state index is 12.2. The highest BCUT2D eigenvalue weighted by Gasteiger charge is 2.28. The molecule has 5 rings (SSSR count). The maximum Gasteiger partial charge on any atom is 0.258 e. The van der Waals surface area contributed by atoms with Gasteiger partial charge >= 0.3 is 0 Å². The van der Waals surface area contributed by atoms with E-state index in [1.807, 2.05) is 41.8 Å². The molecule has 0 spiro atoms. The molecule has 8 heteroatoms. The first kappa shape index (κ1) is 18.3. The van der Waals surface area contributed by atoms with Gasteiger partial charge in [0.15, 0.2) is 5.82 Å². The van der Waals surface area contributed by atoms with Gasteiger partial charge in [-0.25, -0.2) is 0 Å². The third-order valence-electron chi connectivity index (χ3n) is 5.92. The number of hydrogen-bond acceptors (Lipinski definition) is 6. The molecule has 0 unspecified atom stereocenters. The summed E-state index contributed by atoms with van der Waals surface area (Å²) in [7, 11) is 0. The number of nitrogens with zero attached hydrogens (tertiary/aromatic N) is 5. The van der Waals surface area contributed by atoms with Gasteiger partial charge in [-0.1, -0.05) is 25.1 Å². The molecule has 3 aromatic rings. The van der Waals surface area contributed by atoms with Crippen molar-refractivity contribution in [3.8, 4) is 11.5 Å². The Morgan fingerprint density at radius 1 is 1.21 bits per heavy atom. The fraction of sp³-hybridized carbons (Fsp3) is 0.524. The fourth-order valence-electron chi connectivity index (χ4n) is 4.07. The number of aromatic nitrogens is 4. The zero-order chi connectivity index (χ0) is 20.0. The molecule has 8 nitrogen and oxygen atoms in total. The molecule has 0 N–H and O–H groups in total. The van der Waals surface area contributed by atoms with Crippen molar-refractivity contribution in [2.75, 3.05) is 26.3 Å². The second-order valence-electron chi connectivity index (χ2n) is 8.27. The molecule has 2 aliphatic rings. The van der Waals surface area contributed by atoms with Crippen molar-refractivity contribution in [3.63, 3.8) is 0 Å². The van der Waals surface area contributed by atoms with Crippen molar-refractivity contribution in [1.29, 1.82) is 0 Å². The van der Waals surface area contributed by atoms with Crippen LogP contribution in [-0.2, 0) is 9.53 Å². The quantitative estimate of drug-likeness (QED) is 0.675. The molecule has 2 aliphatic heterocycles. The zero-order valence-electron chi connectivity index (χ0n) is 16.7. The lowest BCUT2D eigenvalue weighted by Gasteiger charge is -2.31. The van der Waals surface area contributed by atoms with Crippen LogP contribution in [0.25, 0.3) is 22.4 Å². The lowest BCUT2D eigenvalue weighted by atomic mass is 9.95. The monoisotopic (exact) mass is 395 g/mol. The van der Waals surface area contributed by atoms with Crippen LogP contribution in [0.2, 0.25) is 0 Å². The normalized spacial score (nSPS) is 18.5. The van der Waals surface area contributed by atoms with Gasteiger partial charge in [-0.15, -0.1) is 0 Å². The van der Waals surface area contributed by atoms with Gasteiger partial charge in [-0.3, -0.25) is 9.48 Å². The average Bonchev–Trinajstić information content (AvgIpc) is 3.34. The van der Waals surface area contributed by atoms with Gasteiger partial charge in [0.2, 0.25) is 5.91 Å². The molecule has 1 aromatic carbocycles. The molecule has 0 radical (unpaired) electrons. The van der Waals surface area contributed by atoms with Crippen LogP contribution in [0.15, 0.2) is 28.9 Å². The number of benzene rings is 1. The van der Waals surface area contributed by atoms with Crippen molar-refractivity contribution < 1.29 is 14.1 Å². The summed E-state index contributed by atoms with van der Waals surface area (Å²) in [6, 6.07) is 6.38. The van der Waals surface area contributed by atoms with Gasteiger partial charge in [0.05, 0.1) is 31.0 Å². The lowest BCUT2D eigenvalue weighted by Crippen LogP contribution is -2.40. The van der Waals surface area contributed by atoms with Gasteiger partial charge in [0, 0.05) is 35.9 Å². The highest BCUT2D eigenvalue weighted by molar-refractivity contribution is 5.83. The van der Waals surface area contributed by atoms with Crippen LogP contribution >= 0.6 is 0 Å². The molecular formula is C21H25N5O3. The first-order valence-electron chi connectivity index (χ1n) is 10.3. The topological polar surface area (TPSA) is 86.3 Å². The number of carbonyl (C=O) groups excluding carboxylic acids is 1. The molecule has 29 heavy (non-hydrogen) atoms. The van der Waals surface area contributed by atoms with Crippen molar-refractivity contribution in [1.82, 2.24) is 24.8 Å². The maximum absolute atomic E-state index is 12.2. The van der Waals surface area contributed by atoms with Crippen molar-refractivity contribution >= 4 is 16.8 Å². The molecule has 1 amide bonds. The minimum atomic E-state index is 0.0400. The molecule has 4 heterocycles. The molecule has 0 saturated carbocycles. The summed E-state index contributed by atoms with van der Waals surface area (Å²) in [5.41, 5.74) is 1.95. The molecule has 0 atom stereocenters. The van der Waals surface area contributed by atoms with E-state index in [2.05, 4.69) is 21.3 Å². The number of piperidine rings is 1. The standard InChI is InChI=1S/C21H25N5O3/c1-13(2)21(27)25-7-5-14(6-8-25)19-23-20(29-24-19)15-3-4-16-10-22-26(18(16)9-15)17-11-28-12-17/h3-4,9-10,13-14,17H,5-8,11-12H2,1-2H3. The summed E-state index contributed by atoms with van der Waals surface area (Å²) in [5, 5.41) is 9.83. The largest absolute Gasteiger partial charge is 0.377 e. The summed E-state index contributed by atoms with van der Waals surface area (Å²) in [4.78, 5) is 18.8. The predicted molar refractivity (Wildman–Crippen MR) is 106 cm³/mol. The van der Waals surface area contributed by atoms with Crippen LogP contribution in [0, 0.1) is 5.92 Å². The first-order valence-corrected chi connectivity index (χ1v) is 10.3. The van der Waals surface area contributed by atoms with E-state index in [0.717, 1.165) is 48.2 Å². The molecule has 0 aliphatic carbocycles. The van der Waals surface area contributed by atoms with E-state index in [1.165, 1.54) is 0 Å². The van der Waals surface area contributed by atoms with Crippen LogP contribution < -0.4 is 0 Å². The zero-order valence-corrected chi connectivity index (χ0v) is 16.7. The Morgan fingerprint density at radius 2 is 2.00 bits per heavy atom. The van der Waals surface area contributed by atoms with Crippen LogP contribution in [0.5, 0.6) is 0 Å². The molecule has 2 aromatic heterocycles. The average molecular weight is 395 g/mol. The number of rotatable bonds is 4. The Labute approximate surface area is 168 Å². The Hall–Kier alpha value is -2.74. The van der Waals surface area contributed by atoms with E-state index in [0.29, 0.717) is 25.1 Å². The third-order valence-corrected chi connectivity index (χ3v) is 5.92. The van der Waals surface area contributed by atoms with Crippen molar-refractivity contribution in [2.45, 2.75) is 38.6 Å². The summed E-state index contributed by atoms with van der Waals surface area (Å²) in [6.07, 6.45) is 3.61. The Morgan fingerprint density at radius 3 is 2.69 bits per heavy atom. The second kappa shape index (κ2) is 7.26. The van der Waals surface area contributed by atoms with Gasteiger partial charge in [0.25, 0.3) is 5.89 Å². The van der Waals surface area contributed by atoms with Crippen LogP contribution in [-0.4, -0.2) is 57.0 Å². The van der Waals surface area contributed by atoms with E-state index in [1.54, 1.807) is 0 Å². The molecule has 2 fully saturated rings. The predicted octanol–water partition coefficient (Wildman–Crippen LogP) is 3.02. The van der Waals surface area contributed by atoms with Crippen LogP contribution in [0.3, 0.4) is 0 Å². The molecule has 152 valence electrons. The highest BCUT2D eigenvalue weighted by atomic mass is 16.5. The second-order valence-corrected chi connectivity index (χ2v) is 8.27. The smallest absolute Gasteiger partial charge is 0.258 e. The Balaban J connectivity index is 1.33. The van der Waals surface area contributed by atoms with Gasteiger partial charge in [-0.2, -0.15) is 10.1 Å². The number of hydrogen-bond donors (Lipinski definition) is 0. The summed E-state index contributed by atoms with van der Waals surface area (Å²) in [6.45, 7) is 6.79. The van der Waals surface area contributed by atoms with E-state index in [4.69, 9.17) is 9.26 Å². The van der Waals surface area contributed by atoms with Crippen LogP contribution in [0.1, 0.15) is 44.5 Å². The molecule has 0 bridgehead atoms.